The molecule has 1 aliphatic rings. The van der Waals surface area contributed by atoms with E-state index in [-0.39, 0.29) is 12.3 Å². The summed E-state index contributed by atoms with van der Waals surface area (Å²) in [5, 5.41) is 13.2. The van der Waals surface area contributed by atoms with Gasteiger partial charge in [-0.25, -0.2) is 4.98 Å². The van der Waals surface area contributed by atoms with Gasteiger partial charge in [-0.05, 0) is 36.3 Å². The van der Waals surface area contributed by atoms with Gasteiger partial charge in [0.15, 0.2) is 0 Å². The zero-order valence-corrected chi connectivity index (χ0v) is 13.4. The van der Waals surface area contributed by atoms with Crippen molar-refractivity contribution in [1.29, 1.82) is 0 Å². The molecule has 0 radical (unpaired) electrons. The molecule has 1 saturated carbocycles. The van der Waals surface area contributed by atoms with Crippen molar-refractivity contribution in [2.75, 3.05) is 11.1 Å². The second-order valence-electron chi connectivity index (χ2n) is 5.70. The van der Waals surface area contributed by atoms with E-state index in [0.29, 0.717) is 5.82 Å². The average molecular weight is 308 g/mol. The van der Waals surface area contributed by atoms with Gasteiger partial charge in [-0.15, -0.1) is 0 Å². The molecule has 1 amide bonds. The molecule has 0 spiro atoms. The molecule has 0 aliphatic heterocycles. The van der Waals surface area contributed by atoms with Gasteiger partial charge in [0.2, 0.25) is 5.91 Å². The molecule has 4 nitrogen and oxygen atoms in total. The first-order valence-corrected chi connectivity index (χ1v) is 8.82. The van der Waals surface area contributed by atoms with Crippen LogP contribution in [0.3, 0.4) is 0 Å². The number of nitrogens with zero attached hydrogens (tertiary/aromatic N) is 1. The van der Waals surface area contributed by atoms with Gasteiger partial charge in [-0.2, -0.15) is 11.8 Å². The van der Waals surface area contributed by atoms with Crippen LogP contribution in [0.2, 0.25) is 0 Å². The van der Waals surface area contributed by atoms with Gasteiger partial charge < -0.3 is 10.4 Å². The lowest BCUT2D eigenvalue weighted by Gasteiger charge is -2.31. The normalized spacial score (nSPS) is 17.4. The van der Waals surface area contributed by atoms with E-state index in [0.717, 1.165) is 49.2 Å². The molecule has 1 aliphatic carbocycles. The summed E-state index contributed by atoms with van der Waals surface area (Å²) < 4.78 is 0. The Morgan fingerprint density at radius 3 is 2.90 bits per heavy atom. The van der Waals surface area contributed by atoms with E-state index in [1.807, 2.05) is 23.9 Å². The van der Waals surface area contributed by atoms with Gasteiger partial charge in [-0.3, -0.25) is 4.79 Å². The predicted octanol–water partition coefficient (Wildman–Crippen LogP) is 3.36. The van der Waals surface area contributed by atoms with Gasteiger partial charge in [0.1, 0.15) is 5.82 Å². The topological polar surface area (TPSA) is 62.2 Å². The molecule has 0 bridgehead atoms. The molecule has 116 valence electrons. The summed E-state index contributed by atoms with van der Waals surface area (Å²) in [6.07, 6.45) is 6.50. The summed E-state index contributed by atoms with van der Waals surface area (Å²) in [4.78, 5) is 16.3. The second-order valence-corrected chi connectivity index (χ2v) is 6.97. The zero-order chi connectivity index (χ0) is 15.1. The van der Waals surface area contributed by atoms with Crippen LogP contribution in [0, 0.1) is 0 Å². The molecule has 1 heterocycles. The van der Waals surface area contributed by atoms with Crippen molar-refractivity contribution in [3.8, 4) is 0 Å². The fourth-order valence-corrected chi connectivity index (χ4v) is 3.34. The first kappa shape index (κ1) is 16.3. The van der Waals surface area contributed by atoms with Crippen molar-refractivity contribution in [3.63, 3.8) is 0 Å². The molecule has 0 aromatic carbocycles. The Labute approximate surface area is 130 Å². The SMILES string of the molecule is CCSCc1ccnc(NC(=O)CC2(O)CCCCC2)c1. The highest BCUT2D eigenvalue weighted by molar-refractivity contribution is 7.98. The molecule has 1 aromatic heterocycles. The Hall–Kier alpha value is -1.07. The molecule has 1 aromatic rings. The van der Waals surface area contributed by atoms with Gasteiger partial charge >= 0.3 is 0 Å². The van der Waals surface area contributed by atoms with E-state index >= 15 is 0 Å². The number of hydrogen-bond donors (Lipinski definition) is 2. The smallest absolute Gasteiger partial charge is 0.228 e. The molecule has 0 unspecified atom stereocenters. The van der Waals surface area contributed by atoms with Gasteiger partial charge in [0.25, 0.3) is 0 Å². The van der Waals surface area contributed by atoms with Gasteiger partial charge in [-0.1, -0.05) is 26.2 Å². The minimum Gasteiger partial charge on any atom is -0.389 e. The number of pyridine rings is 1. The van der Waals surface area contributed by atoms with Gasteiger partial charge in [0.05, 0.1) is 12.0 Å². The van der Waals surface area contributed by atoms with Crippen molar-refractivity contribution in [3.05, 3.63) is 23.9 Å². The Bertz CT molecular complexity index is 473. The van der Waals surface area contributed by atoms with Crippen LogP contribution in [0.15, 0.2) is 18.3 Å². The number of aromatic nitrogens is 1. The lowest BCUT2D eigenvalue weighted by atomic mass is 9.82. The number of anilines is 1. The largest absolute Gasteiger partial charge is 0.389 e. The fourth-order valence-electron chi connectivity index (χ4n) is 2.72. The van der Waals surface area contributed by atoms with Crippen LogP contribution >= 0.6 is 11.8 Å². The van der Waals surface area contributed by atoms with Crippen LogP contribution in [0.4, 0.5) is 5.82 Å². The van der Waals surface area contributed by atoms with Crippen LogP contribution < -0.4 is 5.32 Å². The highest BCUT2D eigenvalue weighted by atomic mass is 32.2. The van der Waals surface area contributed by atoms with E-state index in [1.165, 1.54) is 0 Å². The Morgan fingerprint density at radius 2 is 2.19 bits per heavy atom. The van der Waals surface area contributed by atoms with Crippen molar-refractivity contribution in [2.45, 2.75) is 56.8 Å². The third-order valence-corrected chi connectivity index (χ3v) is 4.78. The first-order chi connectivity index (χ1) is 10.1. The van der Waals surface area contributed by atoms with E-state index in [4.69, 9.17) is 0 Å². The molecular formula is C16H24N2O2S. The summed E-state index contributed by atoms with van der Waals surface area (Å²) in [7, 11) is 0. The first-order valence-electron chi connectivity index (χ1n) is 7.66. The van der Waals surface area contributed by atoms with Crippen molar-refractivity contribution in [1.82, 2.24) is 4.98 Å². The monoisotopic (exact) mass is 308 g/mol. The highest BCUT2D eigenvalue weighted by Crippen LogP contribution is 2.31. The molecule has 1 fully saturated rings. The second kappa shape index (κ2) is 7.80. The molecule has 0 saturated heterocycles. The average Bonchev–Trinajstić information content (AvgIpc) is 2.45. The standard InChI is InChI=1S/C16H24N2O2S/c1-2-21-12-13-6-9-17-14(10-13)18-15(19)11-16(20)7-4-3-5-8-16/h6,9-10,20H,2-5,7-8,11-12H2,1H3,(H,17,18,19). The van der Waals surface area contributed by atoms with Crippen LogP contribution in [-0.2, 0) is 10.5 Å². The van der Waals surface area contributed by atoms with Gasteiger partial charge in [0, 0.05) is 11.9 Å². The number of amides is 1. The third kappa shape index (κ3) is 5.32. The number of carbonyl (C=O) groups excluding carboxylic acids is 1. The molecule has 2 rings (SSSR count). The maximum atomic E-state index is 12.1. The quantitative estimate of drug-likeness (QED) is 0.846. The van der Waals surface area contributed by atoms with E-state index in [2.05, 4.69) is 17.2 Å². The maximum Gasteiger partial charge on any atom is 0.228 e. The maximum absolute atomic E-state index is 12.1. The summed E-state index contributed by atoms with van der Waals surface area (Å²) in [5.41, 5.74) is 0.335. The fraction of sp³-hybridized carbons (Fsp3) is 0.625. The number of hydrogen-bond acceptors (Lipinski definition) is 4. The van der Waals surface area contributed by atoms with Crippen molar-refractivity contribution in [2.24, 2.45) is 0 Å². The summed E-state index contributed by atoms with van der Waals surface area (Å²) in [5.74, 6) is 2.42. The Balaban J connectivity index is 1.89. The van der Waals surface area contributed by atoms with Crippen LogP contribution in [0.5, 0.6) is 0 Å². The predicted molar refractivity (Wildman–Crippen MR) is 87.4 cm³/mol. The minimum absolute atomic E-state index is 0.146. The van der Waals surface area contributed by atoms with E-state index < -0.39 is 5.60 Å². The third-order valence-electron chi connectivity index (χ3n) is 3.84. The zero-order valence-electron chi connectivity index (χ0n) is 12.6. The number of thioether (sulfide) groups is 1. The molecule has 2 N–H and O–H groups in total. The van der Waals surface area contributed by atoms with Crippen LogP contribution in [-0.4, -0.2) is 27.4 Å². The van der Waals surface area contributed by atoms with Crippen LogP contribution in [0.25, 0.3) is 0 Å². The lowest BCUT2D eigenvalue weighted by molar-refractivity contribution is -0.122. The van der Waals surface area contributed by atoms with Crippen molar-refractivity contribution >= 4 is 23.5 Å². The number of rotatable bonds is 6. The Morgan fingerprint density at radius 1 is 1.43 bits per heavy atom. The van der Waals surface area contributed by atoms with E-state index in [9.17, 15) is 9.90 Å². The minimum atomic E-state index is -0.821. The number of aliphatic hydroxyl groups is 1. The van der Waals surface area contributed by atoms with E-state index in [1.54, 1.807) is 6.20 Å². The summed E-state index contributed by atoms with van der Waals surface area (Å²) >= 11 is 1.84. The summed E-state index contributed by atoms with van der Waals surface area (Å²) in [6, 6.07) is 3.87. The van der Waals surface area contributed by atoms with Crippen LogP contribution in [0.1, 0.15) is 51.0 Å². The van der Waals surface area contributed by atoms with Crippen molar-refractivity contribution < 1.29 is 9.90 Å². The number of nitrogens with one attached hydrogen (secondary N) is 1. The molecular weight excluding hydrogens is 284 g/mol. The highest BCUT2D eigenvalue weighted by Gasteiger charge is 2.31. The number of carbonyl (C=O) groups is 1. The molecule has 0 atom stereocenters. The molecule has 5 heteroatoms. The summed E-state index contributed by atoms with van der Waals surface area (Å²) in [6.45, 7) is 2.12. The Kier molecular flexibility index (Phi) is 6.06. The molecule has 21 heavy (non-hydrogen) atoms. The lowest BCUT2D eigenvalue weighted by Crippen LogP contribution is -2.36.